The van der Waals surface area contributed by atoms with Crippen LogP contribution in [-0.4, -0.2) is 36.5 Å². The van der Waals surface area contributed by atoms with E-state index in [1.165, 1.54) is 7.11 Å². The SMILES string of the molecule is COCC(=O)NC1CC(C)(C)Cc2c1cnn2-c1ccc(OC)cc1. The monoisotopic (exact) mass is 343 g/mol. The molecule has 0 fully saturated rings. The zero-order valence-electron chi connectivity index (χ0n) is 15.2. The van der Waals surface area contributed by atoms with Gasteiger partial charge in [0, 0.05) is 12.7 Å². The second-order valence-corrected chi connectivity index (χ2v) is 7.25. The van der Waals surface area contributed by atoms with Crippen molar-refractivity contribution < 1.29 is 14.3 Å². The Morgan fingerprint density at radius 1 is 1.32 bits per heavy atom. The van der Waals surface area contributed by atoms with Gasteiger partial charge in [-0.25, -0.2) is 4.68 Å². The summed E-state index contributed by atoms with van der Waals surface area (Å²) in [6, 6.07) is 7.79. The number of aromatic nitrogens is 2. The Bertz CT molecular complexity index is 750. The van der Waals surface area contributed by atoms with Crippen molar-refractivity contribution in [1.82, 2.24) is 15.1 Å². The molecule has 0 aliphatic heterocycles. The maximum atomic E-state index is 12.0. The molecule has 0 bridgehead atoms. The lowest BCUT2D eigenvalue weighted by molar-refractivity contribution is -0.125. The van der Waals surface area contributed by atoms with Crippen LogP contribution in [0.15, 0.2) is 30.5 Å². The number of nitrogens with zero attached hydrogens (tertiary/aromatic N) is 2. The first kappa shape index (κ1) is 17.5. The molecule has 0 saturated carbocycles. The van der Waals surface area contributed by atoms with Crippen molar-refractivity contribution in [2.24, 2.45) is 5.41 Å². The summed E-state index contributed by atoms with van der Waals surface area (Å²) in [7, 11) is 3.18. The van der Waals surface area contributed by atoms with E-state index in [-0.39, 0.29) is 24.0 Å². The second-order valence-electron chi connectivity index (χ2n) is 7.25. The number of carbonyl (C=O) groups excluding carboxylic acids is 1. The van der Waals surface area contributed by atoms with Crippen LogP contribution < -0.4 is 10.1 Å². The highest BCUT2D eigenvalue weighted by atomic mass is 16.5. The lowest BCUT2D eigenvalue weighted by Gasteiger charge is -2.36. The standard InChI is InChI=1S/C19H25N3O3/c1-19(2)9-16(21-18(23)12-24-3)15-11-20-22(17(15)10-19)13-5-7-14(25-4)8-6-13/h5-8,11,16H,9-10,12H2,1-4H3,(H,21,23). The molecule has 1 atom stereocenters. The van der Waals surface area contributed by atoms with Gasteiger partial charge in [0.05, 0.1) is 30.7 Å². The number of rotatable bonds is 5. The van der Waals surface area contributed by atoms with E-state index >= 15 is 0 Å². The number of hydrogen-bond acceptors (Lipinski definition) is 4. The third-order valence-corrected chi connectivity index (χ3v) is 4.61. The van der Waals surface area contributed by atoms with Crippen molar-refractivity contribution in [3.8, 4) is 11.4 Å². The molecular formula is C19H25N3O3. The van der Waals surface area contributed by atoms with Gasteiger partial charge < -0.3 is 14.8 Å². The molecule has 0 saturated heterocycles. The molecule has 0 radical (unpaired) electrons. The van der Waals surface area contributed by atoms with E-state index in [2.05, 4.69) is 24.3 Å². The molecule has 1 aromatic heterocycles. The minimum absolute atomic E-state index is 0.0478. The largest absolute Gasteiger partial charge is 0.497 e. The molecule has 2 aromatic rings. The van der Waals surface area contributed by atoms with E-state index in [0.29, 0.717) is 0 Å². The molecule has 1 aliphatic carbocycles. The summed E-state index contributed by atoms with van der Waals surface area (Å²) in [5, 5.41) is 7.66. The Kier molecular flexibility index (Phi) is 4.81. The highest BCUT2D eigenvalue weighted by molar-refractivity contribution is 5.77. The van der Waals surface area contributed by atoms with Gasteiger partial charge in [0.1, 0.15) is 12.4 Å². The van der Waals surface area contributed by atoms with Crippen LogP contribution in [0.1, 0.15) is 37.6 Å². The molecule has 6 nitrogen and oxygen atoms in total. The van der Waals surface area contributed by atoms with Gasteiger partial charge in [0.15, 0.2) is 0 Å². The van der Waals surface area contributed by atoms with Crippen LogP contribution in [0.2, 0.25) is 0 Å². The second kappa shape index (κ2) is 6.88. The third-order valence-electron chi connectivity index (χ3n) is 4.61. The molecule has 3 rings (SSSR count). The van der Waals surface area contributed by atoms with Crippen LogP contribution in [0.4, 0.5) is 0 Å². The third kappa shape index (κ3) is 3.69. The highest BCUT2D eigenvalue weighted by Gasteiger charge is 2.35. The fraction of sp³-hybridized carbons (Fsp3) is 0.474. The maximum absolute atomic E-state index is 12.0. The minimum atomic E-state index is -0.103. The molecule has 1 N–H and O–H groups in total. The number of amides is 1. The minimum Gasteiger partial charge on any atom is -0.497 e. The van der Waals surface area contributed by atoms with Crippen molar-refractivity contribution in [2.75, 3.05) is 20.8 Å². The summed E-state index contributed by atoms with van der Waals surface area (Å²) in [4.78, 5) is 12.0. The first-order chi connectivity index (χ1) is 11.9. The molecule has 25 heavy (non-hydrogen) atoms. The number of hydrogen-bond donors (Lipinski definition) is 1. The van der Waals surface area contributed by atoms with Crippen LogP contribution in [0.25, 0.3) is 5.69 Å². The van der Waals surface area contributed by atoms with Crippen LogP contribution in [0.3, 0.4) is 0 Å². The van der Waals surface area contributed by atoms with Gasteiger partial charge in [-0.15, -0.1) is 0 Å². The normalized spacial score (nSPS) is 18.5. The van der Waals surface area contributed by atoms with E-state index in [0.717, 1.165) is 35.5 Å². The molecule has 1 aromatic carbocycles. The summed E-state index contributed by atoms with van der Waals surface area (Å²) in [6.07, 6.45) is 3.65. The highest BCUT2D eigenvalue weighted by Crippen LogP contribution is 2.41. The fourth-order valence-electron chi connectivity index (χ4n) is 3.48. The quantitative estimate of drug-likeness (QED) is 0.906. The van der Waals surface area contributed by atoms with E-state index < -0.39 is 0 Å². The van der Waals surface area contributed by atoms with Gasteiger partial charge in [-0.2, -0.15) is 5.10 Å². The summed E-state index contributed by atoms with van der Waals surface area (Å²) < 4.78 is 12.1. The maximum Gasteiger partial charge on any atom is 0.246 e. The Labute approximate surface area is 148 Å². The smallest absolute Gasteiger partial charge is 0.246 e. The average Bonchev–Trinajstić information content (AvgIpc) is 2.97. The number of nitrogens with one attached hydrogen (secondary N) is 1. The van der Waals surface area contributed by atoms with Crippen LogP contribution in [-0.2, 0) is 16.0 Å². The van der Waals surface area contributed by atoms with Crippen molar-refractivity contribution in [3.05, 3.63) is 41.7 Å². The summed E-state index contributed by atoms with van der Waals surface area (Å²) >= 11 is 0. The number of carbonyl (C=O) groups is 1. The van der Waals surface area contributed by atoms with Gasteiger partial charge in [-0.05, 0) is 42.5 Å². The number of methoxy groups -OCH3 is 2. The molecule has 1 heterocycles. The fourth-order valence-corrected chi connectivity index (χ4v) is 3.48. The topological polar surface area (TPSA) is 65.4 Å². The van der Waals surface area contributed by atoms with Gasteiger partial charge >= 0.3 is 0 Å². The molecule has 0 spiro atoms. The number of benzene rings is 1. The van der Waals surface area contributed by atoms with Crippen LogP contribution in [0, 0.1) is 5.41 Å². The average molecular weight is 343 g/mol. The predicted octanol–water partition coefficient (Wildman–Crippen LogP) is 2.66. The Morgan fingerprint density at radius 2 is 2.04 bits per heavy atom. The van der Waals surface area contributed by atoms with Crippen LogP contribution >= 0.6 is 0 Å². The number of fused-ring (bicyclic) bond motifs is 1. The molecule has 1 amide bonds. The zero-order valence-corrected chi connectivity index (χ0v) is 15.2. The van der Waals surface area contributed by atoms with Crippen molar-refractivity contribution >= 4 is 5.91 Å². The molecule has 1 unspecified atom stereocenters. The molecule has 6 heteroatoms. The molecular weight excluding hydrogens is 318 g/mol. The van der Waals surface area contributed by atoms with Gasteiger partial charge in [-0.1, -0.05) is 13.8 Å². The summed E-state index contributed by atoms with van der Waals surface area (Å²) in [5.74, 6) is 0.711. The Balaban J connectivity index is 1.94. The van der Waals surface area contributed by atoms with Crippen LogP contribution in [0.5, 0.6) is 5.75 Å². The lowest BCUT2D eigenvalue weighted by atomic mass is 9.74. The summed E-state index contributed by atoms with van der Waals surface area (Å²) in [5.41, 5.74) is 3.29. The van der Waals surface area contributed by atoms with E-state index in [4.69, 9.17) is 9.47 Å². The number of ether oxygens (including phenoxy) is 2. The predicted molar refractivity (Wildman–Crippen MR) is 95.0 cm³/mol. The Hall–Kier alpha value is -2.34. The molecule has 134 valence electrons. The molecule has 1 aliphatic rings. The van der Waals surface area contributed by atoms with Gasteiger partial charge in [0.25, 0.3) is 0 Å². The van der Waals surface area contributed by atoms with Crippen molar-refractivity contribution in [2.45, 2.75) is 32.7 Å². The van der Waals surface area contributed by atoms with E-state index in [9.17, 15) is 4.79 Å². The van der Waals surface area contributed by atoms with E-state index in [1.54, 1.807) is 7.11 Å². The zero-order chi connectivity index (χ0) is 18.0. The van der Waals surface area contributed by atoms with E-state index in [1.807, 2.05) is 35.1 Å². The van der Waals surface area contributed by atoms with Gasteiger partial charge in [0.2, 0.25) is 5.91 Å². The van der Waals surface area contributed by atoms with Gasteiger partial charge in [-0.3, -0.25) is 4.79 Å². The lowest BCUT2D eigenvalue weighted by Crippen LogP contribution is -2.38. The van der Waals surface area contributed by atoms with Crippen molar-refractivity contribution in [1.29, 1.82) is 0 Å². The first-order valence-corrected chi connectivity index (χ1v) is 8.43. The summed E-state index contributed by atoms with van der Waals surface area (Å²) in [6.45, 7) is 4.51. The Morgan fingerprint density at radius 3 is 2.68 bits per heavy atom. The van der Waals surface area contributed by atoms with Crippen molar-refractivity contribution in [3.63, 3.8) is 0 Å². The first-order valence-electron chi connectivity index (χ1n) is 8.43.